The number of nitrogens with zero attached hydrogens (tertiary/aromatic N) is 1. The molecular weight excluding hydrogens is 388 g/mol. The first kappa shape index (κ1) is 20.9. The first-order valence-corrected chi connectivity index (χ1v) is 10.8. The van der Waals surface area contributed by atoms with Crippen LogP contribution in [0.2, 0.25) is 0 Å². The Morgan fingerprint density at radius 3 is 2.42 bits per heavy atom. The van der Waals surface area contributed by atoms with Gasteiger partial charge in [-0.15, -0.1) is 0 Å². The smallest absolute Gasteiger partial charge is 0.254 e. The maximum Gasteiger partial charge on any atom is 0.254 e. The van der Waals surface area contributed by atoms with Crippen LogP contribution in [0, 0.1) is 5.92 Å². The summed E-state index contributed by atoms with van der Waals surface area (Å²) < 4.78 is 5.17. The van der Waals surface area contributed by atoms with E-state index in [1.54, 1.807) is 7.11 Å². The molecule has 0 spiro atoms. The second kappa shape index (κ2) is 9.65. The van der Waals surface area contributed by atoms with Gasteiger partial charge in [0.05, 0.1) is 7.11 Å². The molecule has 1 saturated heterocycles. The Balaban J connectivity index is 1.27. The number of benzene rings is 3. The predicted molar refractivity (Wildman–Crippen MR) is 122 cm³/mol. The summed E-state index contributed by atoms with van der Waals surface area (Å²) in [6, 6.07) is 21.7. The molecule has 0 aliphatic carbocycles. The zero-order chi connectivity index (χ0) is 21.6. The number of likely N-dealkylation sites (tertiary alicyclic amines) is 1. The van der Waals surface area contributed by atoms with Crippen LogP contribution in [0.1, 0.15) is 28.8 Å². The van der Waals surface area contributed by atoms with Crippen LogP contribution in [0.4, 0.5) is 0 Å². The van der Waals surface area contributed by atoms with Gasteiger partial charge in [0.15, 0.2) is 0 Å². The summed E-state index contributed by atoms with van der Waals surface area (Å²) in [4.78, 5) is 27.5. The maximum atomic E-state index is 13.1. The molecule has 2 amide bonds. The van der Waals surface area contributed by atoms with E-state index in [-0.39, 0.29) is 17.7 Å². The van der Waals surface area contributed by atoms with Gasteiger partial charge in [0.25, 0.3) is 5.91 Å². The van der Waals surface area contributed by atoms with E-state index >= 15 is 0 Å². The molecule has 1 aliphatic heterocycles. The van der Waals surface area contributed by atoms with E-state index in [4.69, 9.17) is 4.74 Å². The average Bonchev–Trinajstić information content (AvgIpc) is 2.83. The van der Waals surface area contributed by atoms with Crippen LogP contribution in [-0.2, 0) is 11.2 Å². The van der Waals surface area contributed by atoms with E-state index in [0.29, 0.717) is 32.5 Å². The molecule has 5 heteroatoms. The third-order valence-electron chi connectivity index (χ3n) is 6.04. The topological polar surface area (TPSA) is 58.6 Å². The number of piperidine rings is 1. The summed E-state index contributed by atoms with van der Waals surface area (Å²) in [5, 5.41) is 5.10. The maximum absolute atomic E-state index is 13.1. The Morgan fingerprint density at radius 1 is 0.968 bits per heavy atom. The van der Waals surface area contributed by atoms with Crippen molar-refractivity contribution in [2.45, 2.75) is 19.3 Å². The fraction of sp³-hybridized carbons (Fsp3) is 0.308. The summed E-state index contributed by atoms with van der Waals surface area (Å²) in [7, 11) is 1.65. The Labute approximate surface area is 183 Å². The summed E-state index contributed by atoms with van der Waals surface area (Å²) in [5.74, 6) is 0.936. The minimum Gasteiger partial charge on any atom is -0.497 e. The van der Waals surface area contributed by atoms with Crippen LogP contribution < -0.4 is 10.1 Å². The molecule has 4 rings (SSSR count). The molecule has 1 heterocycles. The third-order valence-corrected chi connectivity index (χ3v) is 6.04. The van der Waals surface area contributed by atoms with Crippen LogP contribution in [0.25, 0.3) is 10.8 Å². The van der Waals surface area contributed by atoms with Gasteiger partial charge in [0, 0.05) is 31.1 Å². The second-order valence-electron chi connectivity index (χ2n) is 7.98. The van der Waals surface area contributed by atoms with Crippen molar-refractivity contribution in [1.82, 2.24) is 10.2 Å². The summed E-state index contributed by atoms with van der Waals surface area (Å²) in [6.07, 6.45) is 2.18. The normalized spacial score (nSPS) is 14.4. The number of carbonyl (C=O) groups excluding carboxylic acids is 2. The van der Waals surface area contributed by atoms with Crippen molar-refractivity contribution in [2.24, 2.45) is 5.92 Å². The van der Waals surface area contributed by atoms with Gasteiger partial charge in [-0.2, -0.15) is 0 Å². The number of rotatable bonds is 6. The van der Waals surface area contributed by atoms with Gasteiger partial charge in [-0.25, -0.2) is 0 Å². The number of hydrogen-bond acceptors (Lipinski definition) is 3. The van der Waals surface area contributed by atoms with E-state index in [1.807, 2.05) is 71.6 Å². The zero-order valence-electron chi connectivity index (χ0n) is 17.8. The van der Waals surface area contributed by atoms with E-state index in [1.165, 1.54) is 0 Å². The first-order valence-electron chi connectivity index (χ1n) is 10.8. The minimum atomic E-state index is -0.0348. The zero-order valence-corrected chi connectivity index (χ0v) is 17.8. The van der Waals surface area contributed by atoms with Gasteiger partial charge in [0.1, 0.15) is 5.75 Å². The lowest BCUT2D eigenvalue weighted by molar-refractivity contribution is -0.126. The predicted octanol–water partition coefficient (Wildman–Crippen LogP) is 4.06. The number of amides is 2. The lowest BCUT2D eigenvalue weighted by Crippen LogP contribution is -2.43. The molecule has 0 atom stereocenters. The molecule has 0 saturated carbocycles. The van der Waals surface area contributed by atoms with Crippen molar-refractivity contribution in [1.29, 1.82) is 0 Å². The monoisotopic (exact) mass is 416 g/mol. The molecule has 1 N–H and O–H groups in total. The van der Waals surface area contributed by atoms with Crippen molar-refractivity contribution >= 4 is 22.6 Å². The highest BCUT2D eigenvalue weighted by atomic mass is 16.5. The van der Waals surface area contributed by atoms with E-state index in [0.717, 1.165) is 34.1 Å². The van der Waals surface area contributed by atoms with Crippen LogP contribution in [0.5, 0.6) is 5.75 Å². The number of hydrogen-bond donors (Lipinski definition) is 1. The molecule has 160 valence electrons. The van der Waals surface area contributed by atoms with Gasteiger partial charge < -0.3 is 15.0 Å². The van der Waals surface area contributed by atoms with Crippen molar-refractivity contribution in [3.8, 4) is 5.75 Å². The molecule has 0 radical (unpaired) electrons. The number of carbonyl (C=O) groups is 2. The second-order valence-corrected chi connectivity index (χ2v) is 7.98. The Bertz CT molecular complexity index is 1050. The van der Waals surface area contributed by atoms with Crippen LogP contribution >= 0.6 is 0 Å². The number of fused-ring (bicyclic) bond motifs is 1. The van der Waals surface area contributed by atoms with Gasteiger partial charge in [-0.3, -0.25) is 9.59 Å². The van der Waals surface area contributed by atoms with Gasteiger partial charge in [-0.05, 0) is 53.8 Å². The third kappa shape index (κ3) is 4.88. The molecule has 3 aromatic rings. The van der Waals surface area contributed by atoms with Crippen LogP contribution in [0.3, 0.4) is 0 Å². The van der Waals surface area contributed by atoms with Crippen molar-refractivity contribution in [2.75, 3.05) is 26.7 Å². The lowest BCUT2D eigenvalue weighted by atomic mass is 9.94. The van der Waals surface area contributed by atoms with Gasteiger partial charge in [0.2, 0.25) is 5.91 Å². The van der Waals surface area contributed by atoms with Crippen LogP contribution in [0.15, 0.2) is 66.7 Å². The largest absolute Gasteiger partial charge is 0.497 e. The molecule has 3 aromatic carbocycles. The average molecular weight is 417 g/mol. The van der Waals surface area contributed by atoms with Gasteiger partial charge >= 0.3 is 0 Å². The fourth-order valence-corrected chi connectivity index (χ4v) is 4.19. The molecule has 1 fully saturated rings. The number of ether oxygens (including phenoxy) is 1. The van der Waals surface area contributed by atoms with Crippen LogP contribution in [-0.4, -0.2) is 43.5 Å². The van der Waals surface area contributed by atoms with Crippen molar-refractivity contribution < 1.29 is 14.3 Å². The summed E-state index contributed by atoms with van der Waals surface area (Å²) in [6.45, 7) is 1.83. The Hall–Kier alpha value is -3.34. The van der Waals surface area contributed by atoms with E-state index < -0.39 is 0 Å². The first-order chi connectivity index (χ1) is 15.2. The SMILES string of the molecule is COc1ccc(CCNC(=O)C2CCN(C(=O)c3cccc4ccccc34)CC2)cc1. The van der Waals surface area contributed by atoms with E-state index in [2.05, 4.69) is 5.32 Å². The highest BCUT2D eigenvalue weighted by molar-refractivity contribution is 6.07. The van der Waals surface area contributed by atoms with E-state index in [9.17, 15) is 9.59 Å². The number of methoxy groups -OCH3 is 1. The summed E-state index contributed by atoms with van der Waals surface area (Å²) in [5.41, 5.74) is 1.90. The Morgan fingerprint density at radius 2 is 1.68 bits per heavy atom. The molecule has 0 aromatic heterocycles. The highest BCUT2D eigenvalue weighted by Crippen LogP contribution is 2.23. The Kier molecular flexibility index (Phi) is 6.51. The highest BCUT2D eigenvalue weighted by Gasteiger charge is 2.28. The molecule has 31 heavy (non-hydrogen) atoms. The standard InChI is InChI=1S/C26H28N2O3/c1-31-22-11-9-19(10-12-22)13-16-27-25(29)21-14-17-28(18-15-21)26(30)24-8-4-6-20-5-2-3-7-23(20)24/h2-12,21H,13-18H2,1H3,(H,27,29). The minimum absolute atomic E-state index is 0.0348. The fourth-order valence-electron chi connectivity index (χ4n) is 4.19. The quantitative estimate of drug-likeness (QED) is 0.659. The molecule has 0 bridgehead atoms. The molecule has 5 nitrogen and oxygen atoms in total. The lowest BCUT2D eigenvalue weighted by Gasteiger charge is -2.31. The molecule has 0 unspecified atom stereocenters. The molecular formula is C26H28N2O3. The van der Waals surface area contributed by atoms with Crippen molar-refractivity contribution in [3.05, 3.63) is 77.9 Å². The van der Waals surface area contributed by atoms with Gasteiger partial charge in [-0.1, -0.05) is 48.5 Å². The summed E-state index contributed by atoms with van der Waals surface area (Å²) >= 11 is 0. The number of nitrogens with one attached hydrogen (secondary N) is 1. The van der Waals surface area contributed by atoms with Crippen molar-refractivity contribution in [3.63, 3.8) is 0 Å². The molecule has 1 aliphatic rings.